The summed E-state index contributed by atoms with van der Waals surface area (Å²) in [5.41, 5.74) is 4.60. The van der Waals surface area contributed by atoms with Crippen LogP contribution in [-0.2, 0) is 4.79 Å². The first-order chi connectivity index (χ1) is 11.7. The highest BCUT2D eigenvalue weighted by molar-refractivity contribution is 5.79. The van der Waals surface area contributed by atoms with E-state index < -0.39 is 0 Å². The molecule has 0 unspecified atom stereocenters. The minimum Gasteiger partial charge on any atom is -0.350 e. The monoisotopic (exact) mass is 342 g/mol. The molecular formula is C20H30N4O. The van der Waals surface area contributed by atoms with Crippen LogP contribution in [0, 0.1) is 13.8 Å². The van der Waals surface area contributed by atoms with Crippen LogP contribution >= 0.6 is 0 Å². The Morgan fingerprint density at radius 2 is 1.88 bits per heavy atom. The molecule has 0 atom stereocenters. The van der Waals surface area contributed by atoms with Crippen molar-refractivity contribution >= 4 is 16.9 Å². The largest absolute Gasteiger partial charge is 0.350 e. The summed E-state index contributed by atoms with van der Waals surface area (Å²) in [5, 5.41) is 3.04. The van der Waals surface area contributed by atoms with Crippen molar-refractivity contribution in [2.45, 2.75) is 58.9 Å². The molecule has 1 aliphatic rings. The van der Waals surface area contributed by atoms with E-state index in [1.54, 1.807) is 0 Å². The minimum absolute atomic E-state index is 0.112. The van der Waals surface area contributed by atoms with Crippen LogP contribution in [0.15, 0.2) is 12.1 Å². The first-order valence-electron chi connectivity index (χ1n) is 9.21. The van der Waals surface area contributed by atoms with Crippen molar-refractivity contribution in [1.29, 1.82) is 0 Å². The molecule has 1 amide bonds. The van der Waals surface area contributed by atoms with Gasteiger partial charge in [0.05, 0.1) is 17.6 Å². The second-order valence-electron chi connectivity index (χ2n) is 8.42. The number of H-pyrrole nitrogens is 1. The van der Waals surface area contributed by atoms with Gasteiger partial charge in [-0.05, 0) is 83.8 Å². The first kappa shape index (κ1) is 17.9. The molecule has 5 nitrogen and oxygen atoms in total. The number of rotatable bonds is 3. The number of likely N-dealkylation sites (tertiary alicyclic amines) is 1. The number of hydrogen-bond donors (Lipinski definition) is 2. The quantitative estimate of drug-likeness (QED) is 0.900. The fraction of sp³-hybridized carbons (Fsp3) is 0.600. The normalized spacial score (nSPS) is 17.2. The first-order valence-corrected chi connectivity index (χ1v) is 9.21. The maximum Gasteiger partial charge on any atom is 0.234 e. The van der Waals surface area contributed by atoms with Gasteiger partial charge in [-0.25, -0.2) is 4.98 Å². The van der Waals surface area contributed by atoms with Gasteiger partial charge >= 0.3 is 0 Å². The molecule has 1 fully saturated rings. The topological polar surface area (TPSA) is 61.0 Å². The van der Waals surface area contributed by atoms with Gasteiger partial charge in [-0.15, -0.1) is 0 Å². The summed E-state index contributed by atoms with van der Waals surface area (Å²) in [7, 11) is 0. The van der Waals surface area contributed by atoms with E-state index in [1.807, 2.05) is 20.8 Å². The Hall–Kier alpha value is -1.88. The molecule has 136 valence electrons. The van der Waals surface area contributed by atoms with Gasteiger partial charge in [0.15, 0.2) is 0 Å². The Morgan fingerprint density at radius 3 is 2.52 bits per heavy atom. The number of carbonyl (C=O) groups is 1. The number of piperidine rings is 1. The van der Waals surface area contributed by atoms with Crippen molar-refractivity contribution in [3.05, 3.63) is 29.1 Å². The maximum atomic E-state index is 12.1. The summed E-state index contributed by atoms with van der Waals surface area (Å²) in [6.45, 7) is 12.7. The lowest BCUT2D eigenvalue weighted by Crippen LogP contribution is -2.47. The van der Waals surface area contributed by atoms with Crippen LogP contribution < -0.4 is 5.32 Å². The Balaban J connectivity index is 1.60. The van der Waals surface area contributed by atoms with E-state index in [0.29, 0.717) is 12.5 Å². The molecule has 1 saturated heterocycles. The Labute approximate surface area is 150 Å². The van der Waals surface area contributed by atoms with Crippen LogP contribution in [0.25, 0.3) is 11.0 Å². The van der Waals surface area contributed by atoms with Crippen LogP contribution in [0.5, 0.6) is 0 Å². The van der Waals surface area contributed by atoms with E-state index in [2.05, 4.69) is 41.2 Å². The lowest BCUT2D eigenvalue weighted by Gasteiger charge is -2.31. The average Bonchev–Trinajstić information content (AvgIpc) is 2.89. The van der Waals surface area contributed by atoms with Gasteiger partial charge in [-0.1, -0.05) is 0 Å². The zero-order valence-electron chi connectivity index (χ0n) is 16.1. The van der Waals surface area contributed by atoms with Crippen LogP contribution in [-0.4, -0.2) is 45.9 Å². The van der Waals surface area contributed by atoms with E-state index in [1.165, 1.54) is 11.1 Å². The van der Waals surface area contributed by atoms with E-state index in [0.717, 1.165) is 42.8 Å². The summed E-state index contributed by atoms with van der Waals surface area (Å²) in [4.78, 5) is 22.7. The lowest BCUT2D eigenvalue weighted by molar-refractivity contribution is -0.123. The molecule has 0 bridgehead atoms. The average molecular weight is 342 g/mol. The van der Waals surface area contributed by atoms with Crippen LogP contribution in [0.1, 0.15) is 56.5 Å². The summed E-state index contributed by atoms with van der Waals surface area (Å²) in [6.07, 6.45) is 2.08. The molecule has 2 aromatic rings. The smallest absolute Gasteiger partial charge is 0.234 e. The van der Waals surface area contributed by atoms with Crippen molar-refractivity contribution in [3.63, 3.8) is 0 Å². The fourth-order valence-corrected chi connectivity index (χ4v) is 3.51. The van der Waals surface area contributed by atoms with Crippen molar-refractivity contribution in [2.24, 2.45) is 0 Å². The molecule has 0 radical (unpaired) electrons. The minimum atomic E-state index is -0.167. The molecule has 2 N–H and O–H groups in total. The Morgan fingerprint density at radius 1 is 1.24 bits per heavy atom. The molecule has 25 heavy (non-hydrogen) atoms. The predicted octanol–water partition coefficient (Wildman–Crippen LogP) is 3.27. The summed E-state index contributed by atoms with van der Waals surface area (Å²) in [6, 6.07) is 4.35. The van der Waals surface area contributed by atoms with Crippen LogP contribution in [0.3, 0.4) is 0 Å². The number of nitrogens with one attached hydrogen (secondary N) is 2. The van der Waals surface area contributed by atoms with Gasteiger partial charge in [-0.2, -0.15) is 0 Å². The molecule has 3 rings (SSSR count). The van der Waals surface area contributed by atoms with Crippen LogP contribution in [0.2, 0.25) is 0 Å². The van der Waals surface area contributed by atoms with E-state index in [-0.39, 0.29) is 11.4 Å². The molecule has 0 spiro atoms. The van der Waals surface area contributed by atoms with E-state index in [9.17, 15) is 4.79 Å². The lowest BCUT2D eigenvalue weighted by atomic mass is 9.96. The summed E-state index contributed by atoms with van der Waals surface area (Å²) in [5.74, 6) is 1.66. The third-order valence-corrected chi connectivity index (χ3v) is 4.97. The Bertz CT molecular complexity index is 725. The highest BCUT2D eigenvalue weighted by Gasteiger charge is 2.25. The zero-order chi connectivity index (χ0) is 18.2. The molecule has 0 aliphatic carbocycles. The molecule has 1 aromatic carbocycles. The van der Waals surface area contributed by atoms with Gasteiger partial charge < -0.3 is 10.3 Å². The number of aromatic nitrogens is 2. The van der Waals surface area contributed by atoms with Crippen LogP contribution in [0.4, 0.5) is 0 Å². The molecular weight excluding hydrogens is 312 g/mol. The van der Waals surface area contributed by atoms with Gasteiger partial charge in [0.2, 0.25) is 5.91 Å². The number of imidazole rings is 1. The third-order valence-electron chi connectivity index (χ3n) is 4.97. The number of aryl methyl sites for hydroxylation is 2. The van der Waals surface area contributed by atoms with Crippen molar-refractivity contribution < 1.29 is 4.79 Å². The SMILES string of the molecule is Cc1cc2nc(C3CCN(CC(=O)NC(C)(C)C)CC3)[nH]c2cc1C. The number of nitrogens with zero attached hydrogens (tertiary/aromatic N) is 2. The van der Waals surface area contributed by atoms with Gasteiger partial charge in [0, 0.05) is 11.5 Å². The number of hydrogen-bond acceptors (Lipinski definition) is 3. The Kier molecular flexibility index (Phi) is 4.87. The van der Waals surface area contributed by atoms with Gasteiger partial charge in [0.1, 0.15) is 5.82 Å². The number of carbonyl (C=O) groups excluding carboxylic acids is 1. The second-order valence-corrected chi connectivity index (χ2v) is 8.42. The maximum absolute atomic E-state index is 12.1. The van der Waals surface area contributed by atoms with Crippen molar-refractivity contribution in [3.8, 4) is 0 Å². The van der Waals surface area contributed by atoms with Gasteiger partial charge in [0.25, 0.3) is 0 Å². The zero-order valence-corrected chi connectivity index (χ0v) is 16.1. The van der Waals surface area contributed by atoms with E-state index >= 15 is 0 Å². The molecule has 2 heterocycles. The van der Waals surface area contributed by atoms with Crippen molar-refractivity contribution in [2.75, 3.05) is 19.6 Å². The number of benzene rings is 1. The predicted molar refractivity (Wildman–Crippen MR) is 102 cm³/mol. The molecule has 0 saturated carbocycles. The molecule has 1 aromatic heterocycles. The number of amides is 1. The fourth-order valence-electron chi connectivity index (χ4n) is 3.51. The van der Waals surface area contributed by atoms with Crippen molar-refractivity contribution in [1.82, 2.24) is 20.2 Å². The molecule has 1 aliphatic heterocycles. The van der Waals surface area contributed by atoms with E-state index in [4.69, 9.17) is 4.98 Å². The summed E-state index contributed by atoms with van der Waals surface area (Å²) >= 11 is 0. The second kappa shape index (κ2) is 6.79. The molecule has 5 heteroatoms. The number of fused-ring (bicyclic) bond motifs is 1. The highest BCUT2D eigenvalue weighted by atomic mass is 16.2. The standard InChI is InChI=1S/C20H30N4O/c1-13-10-16-17(11-14(13)2)22-19(21-16)15-6-8-24(9-7-15)12-18(25)23-20(3,4)5/h10-11,15H,6-9,12H2,1-5H3,(H,21,22)(H,23,25). The highest BCUT2D eigenvalue weighted by Crippen LogP contribution is 2.28. The summed E-state index contributed by atoms with van der Waals surface area (Å²) < 4.78 is 0. The number of aromatic amines is 1. The van der Waals surface area contributed by atoms with Gasteiger partial charge in [-0.3, -0.25) is 9.69 Å². The third kappa shape index (κ3) is 4.40.